The summed E-state index contributed by atoms with van der Waals surface area (Å²) in [7, 11) is 0. The van der Waals surface area contributed by atoms with Gasteiger partial charge in [0.15, 0.2) is 0 Å². The monoisotopic (exact) mass is 226 g/mol. The van der Waals surface area contributed by atoms with Crippen LogP contribution in [0.3, 0.4) is 0 Å². The fourth-order valence-electron chi connectivity index (χ4n) is 0.356. The zero-order valence-electron chi connectivity index (χ0n) is 4.03. The molecule has 0 radical (unpaired) electrons. The molecule has 0 aromatic rings. The Labute approximate surface area is 57.8 Å². The Bertz CT molecular complexity index is 149. The molecule has 0 unspecified atom stereocenters. The minimum absolute atomic E-state index is 0.466. The van der Waals surface area contributed by atoms with Crippen LogP contribution in [0.1, 0.15) is 0 Å². The van der Waals surface area contributed by atoms with Gasteiger partial charge in [0, 0.05) is 0 Å². The Morgan fingerprint density at radius 1 is 1.75 bits per heavy atom. The van der Waals surface area contributed by atoms with E-state index in [1.54, 1.807) is 12.3 Å². The molecule has 1 rings (SSSR count). The van der Waals surface area contributed by atoms with Crippen LogP contribution < -0.4 is 0 Å². The van der Waals surface area contributed by atoms with E-state index in [2.05, 4.69) is 0 Å². The minimum atomic E-state index is -0.466. The standard InChI is InChI=1S/C5H4O2Te/c6-3-1-5-2-4-7-8-5/h1-4H/b5-1-. The van der Waals surface area contributed by atoms with Crippen molar-refractivity contribution in [2.45, 2.75) is 0 Å². The van der Waals surface area contributed by atoms with Crippen LogP contribution in [0.4, 0.5) is 0 Å². The number of hydrogen-bond acceptors (Lipinski definition) is 2. The summed E-state index contributed by atoms with van der Waals surface area (Å²) in [5, 5.41) is 0. The van der Waals surface area contributed by atoms with Gasteiger partial charge in [0.25, 0.3) is 0 Å². The third-order valence-electron chi connectivity index (χ3n) is 0.665. The average Bonchev–Trinajstić information content (AvgIpc) is 2.19. The number of allylic oxidation sites excluding steroid dienone is 3. The molecule has 0 aromatic heterocycles. The number of carbonyl (C=O) groups excluding carboxylic acids is 1. The summed E-state index contributed by atoms with van der Waals surface area (Å²) in [6, 6.07) is 0. The predicted octanol–water partition coefficient (Wildman–Crippen LogP) is 0.232. The van der Waals surface area contributed by atoms with Crippen molar-refractivity contribution < 1.29 is 7.90 Å². The molecule has 1 aliphatic rings. The second kappa shape index (κ2) is 2.91. The van der Waals surface area contributed by atoms with E-state index in [9.17, 15) is 4.79 Å². The average molecular weight is 224 g/mol. The van der Waals surface area contributed by atoms with Crippen LogP contribution in [0.2, 0.25) is 0 Å². The van der Waals surface area contributed by atoms with Crippen molar-refractivity contribution in [1.82, 2.24) is 0 Å². The molecule has 1 heterocycles. The van der Waals surface area contributed by atoms with Crippen LogP contribution in [-0.4, -0.2) is 27.6 Å². The fourth-order valence-corrected chi connectivity index (χ4v) is 1.62. The van der Waals surface area contributed by atoms with Crippen molar-refractivity contribution in [2.75, 3.05) is 0 Å². The molecule has 0 saturated heterocycles. The molecule has 1 aliphatic heterocycles. The van der Waals surface area contributed by atoms with Crippen LogP contribution in [-0.2, 0) is 7.90 Å². The molecule has 0 atom stereocenters. The van der Waals surface area contributed by atoms with Gasteiger partial charge in [-0.3, -0.25) is 0 Å². The van der Waals surface area contributed by atoms with Gasteiger partial charge in [-0.15, -0.1) is 0 Å². The van der Waals surface area contributed by atoms with Gasteiger partial charge in [0.1, 0.15) is 0 Å². The van der Waals surface area contributed by atoms with Crippen LogP contribution >= 0.6 is 0 Å². The van der Waals surface area contributed by atoms with Crippen molar-refractivity contribution in [3.8, 4) is 0 Å². The number of hydrogen-bond donors (Lipinski definition) is 0. The van der Waals surface area contributed by atoms with Crippen LogP contribution in [0.5, 0.6) is 0 Å². The molecule has 0 spiro atoms. The molecule has 0 bridgehead atoms. The van der Waals surface area contributed by atoms with E-state index in [1.807, 2.05) is 6.08 Å². The van der Waals surface area contributed by atoms with Crippen molar-refractivity contribution >= 4 is 27.6 Å². The number of carbonyl (C=O) groups is 1. The van der Waals surface area contributed by atoms with E-state index in [0.717, 1.165) is 9.91 Å². The summed E-state index contributed by atoms with van der Waals surface area (Å²) in [5.41, 5.74) is 0. The summed E-state index contributed by atoms with van der Waals surface area (Å²) >= 11 is -0.466. The molecule has 42 valence electrons. The molecule has 0 N–H and O–H groups in total. The summed E-state index contributed by atoms with van der Waals surface area (Å²) in [5.74, 6) is 0. The Morgan fingerprint density at radius 2 is 2.62 bits per heavy atom. The zero-order valence-corrected chi connectivity index (χ0v) is 6.36. The number of rotatable bonds is 1. The van der Waals surface area contributed by atoms with E-state index in [-0.39, 0.29) is 0 Å². The second-order valence-corrected chi connectivity index (χ2v) is 3.56. The van der Waals surface area contributed by atoms with Gasteiger partial charge in [-0.1, -0.05) is 0 Å². The Hall–Kier alpha value is -0.260. The molecule has 8 heavy (non-hydrogen) atoms. The van der Waals surface area contributed by atoms with Gasteiger partial charge in [0.2, 0.25) is 0 Å². The van der Waals surface area contributed by atoms with Crippen molar-refractivity contribution in [3.05, 3.63) is 22.0 Å². The Kier molecular flexibility index (Phi) is 2.13. The summed E-state index contributed by atoms with van der Waals surface area (Å²) < 4.78 is 5.99. The van der Waals surface area contributed by atoms with Crippen LogP contribution in [0, 0.1) is 0 Å². The van der Waals surface area contributed by atoms with E-state index in [1.165, 1.54) is 0 Å². The third-order valence-corrected chi connectivity index (χ3v) is 2.58. The molecule has 0 saturated carbocycles. The second-order valence-electron chi connectivity index (χ2n) is 1.19. The third kappa shape index (κ3) is 1.36. The van der Waals surface area contributed by atoms with Gasteiger partial charge in [-0.2, -0.15) is 0 Å². The fraction of sp³-hybridized carbons (Fsp3) is 0. The van der Waals surface area contributed by atoms with E-state index in [0.29, 0.717) is 0 Å². The summed E-state index contributed by atoms with van der Waals surface area (Å²) in [4.78, 5) is 9.82. The Morgan fingerprint density at radius 3 is 3.12 bits per heavy atom. The van der Waals surface area contributed by atoms with Crippen molar-refractivity contribution in [2.24, 2.45) is 0 Å². The summed E-state index contributed by atoms with van der Waals surface area (Å²) in [6.07, 6.45) is 5.80. The molecular weight excluding hydrogens is 220 g/mol. The van der Waals surface area contributed by atoms with Gasteiger partial charge in [-0.25, -0.2) is 0 Å². The van der Waals surface area contributed by atoms with Gasteiger partial charge >= 0.3 is 57.6 Å². The molecule has 3 heteroatoms. The van der Waals surface area contributed by atoms with Gasteiger partial charge in [-0.05, 0) is 0 Å². The first kappa shape index (κ1) is 5.87. The Balaban J connectivity index is 2.58. The first-order valence-corrected chi connectivity index (χ1v) is 4.20. The van der Waals surface area contributed by atoms with Crippen molar-refractivity contribution in [3.63, 3.8) is 0 Å². The zero-order chi connectivity index (χ0) is 5.82. The van der Waals surface area contributed by atoms with Gasteiger partial charge < -0.3 is 0 Å². The predicted molar refractivity (Wildman–Crippen MR) is 30.1 cm³/mol. The SMILES string of the molecule is O=C/C=C1/C=CO[Te]1. The van der Waals surface area contributed by atoms with E-state index >= 15 is 0 Å². The van der Waals surface area contributed by atoms with Crippen molar-refractivity contribution in [1.29, 1.82) is 0 Å². The molecule has 0 aliphatic carbocycles. The van der Waals surface area contributed by atoms with E-state index in [4.69, 9.17) is 3.10 Å². The topological polar surface area (TPSA) is 26.3 Å². The normalized spacial score (nSPS) is 21.2. The maximum absolute atomic E-state index is 9.82. The van der Waals surface area contributed by atoms with Crippen LogP contribution in [0.25, 0.3) is 0 Å². The van der Waals surface area contributed by atoms with E-state index < -0.39 is 21.3 Å². The molecule has 0 aromatic carbocycles. The number of aldehydes is 1. The molecule has 2 nitrogen and oxygen atoms in total. The maximum atomic E-state index is 9.82. The molecule has 0 fully saturated rings. The molecule has 0 amide bonds. The first-order chi connectivity index (χ1) is 3.93. The first-order valence-electron chi connectivity index (χ1n) is 2.09. The van der Waals surface area contributed by atoms with Crippen LogP contribution in [0.15, 0.2) is 22.0 Å². The molecular formula is C5H4O2Te. The quantitative estimate of drug-likeness (QED) is 0.362. The van der Waals surface area contributed by atoms with Gasteiger partial charge in [0.05, 0.1) is 0 Å². The summed E-state index contributed by atoms with van der Waals surface area (Å²) in [6.45, 7) is 0.